The highest BCUT2D eigenvalue weighted by molar-refractivity contribution is 9.12. The van der Waals surface area contributed by atoms with Gasteiger partial charge in [-0.15, -0.1) is 0 Å². The summed E-state index contributed by atoms with van der Waals surface area (Å²) in [5, 5.41) is 8.80. The first-order valence-corrected chi connectivity index (χ1v) is 8.59. The summed E-state index contributed by atoms with van der Waals surface area (Å²) in [4.78, 5) is 10.2. The average molecular weight is 404 g/mol. The van der Waals surface area contributed by atoms with Crippen molar-refractivity contribution in [3.05, 3.63) is 0 Å². The second kappa shape index (κ2) is 13.3. The highest BCUT2D eigenvalue weighted by Gasteiger charge is 2.21. The fourth-order valence-corrected chi connectivity index (χ4v) is 2.26. The molecule has 2 atom stereocenters. The third-order valence-corrected chi connectivity index (χ3v) is 5.36. The monoisotopic (exact) mass is 402 g/mol. The van der Waals surface area contributed by atoms with Gasteiger partial charge in [-0.3, -0.25) is 4.79 Å². The van der Waals surface area contributed by atoms with Crippen molar-refractivity contribution >= 4 is 37.8 Å². The molecule has 1 N–H and O–H groups in total. The van der Waals surface area contributed by atoms with Crippen LogP contribution in [0.5, 0.6) is 0 Å². The SMILES string of the molecule is CCCCOCOCCCCCC(Br)C(Br)C(=O)O. The summed E-state index contributed by atoms with van der Waals surface area (Å²) in [5.74, 6) is -0.825. The van der Waals surface area contributed by atoms with Crippen LogP contribution in [0.15, 0.2) is 0 Å². The summed E-state index contributed by atoms with van der Waals surface area (Å²) in [6.45, 7) is 3.98. The molecule has 114 valence electrons. The molecule has 0 aromatic carbocycles. The van der Waals surface area contributed by atoms with Crippen LogP contribution < -0.4 is 0 Å². The van der Waals surface area contributed by atoms with Crippen LogP contribution in [0, 0.1) is 0 Å². The lowest BCUT2D eigenvalue weighted by Crippen LogP contribution is -2.23. The summed E-state index contributed by atoms with van der Waals surface area (Å²) in [5.41, 5.74) is 0. The smallest absolute Gasteiger partial charge is 0.318 e. The van der Waals surface area contributed by atoms with Crippen molar-refractivity contribution < 1.29 is 19.4 Å². The Balaban J connectivity index is 3.25. The van der Waals surface area contributed by atoms with Crippen LogP contribution in [0.2, 0.25) is 0 Å². The molecular formula is C13H24Br2O4. The molecule has 0 aromatic rings. The summed E-state index contributed by atoms with van der Waals surface area (Å²) in [7, 11) is 0. The number of ether oxygens (including phenoxy) is 2. The van der Waals surface area contributed by atoms with E-state index in [1.54, 1.807) is 0 Å². The molecule has 0 saturated heterocycles. The van der Waals surface area contributed by atoms with Crippen LogP contribution in [0.25, 0.3) is 0 Å². The molecule has 0 amide bonds. The third-order valence-electron chi connectivity index (χ3n) is 2.63. The highest BCUT2D eigenvalue weighted by Crippen LogP contribution is 2.20. The van der Waals surface area contributed by atoms with E-state index in [0.29, 0.717) is 13.4 Å². The Morgan fingerprint density at radius 2 is 1.74 bits per heavy atom. The maximum atomic E-state index is 10.7. The van der Waals surface area contributed by atoms with E-state index in [2.05, 4.69) is 38.8 Å². The summed E-state index contributed by atoms with van der Waals surface area (Å²) >= 11 is 6.53. The van der Waals surface area contributed by atoms with Crippen molar-refractivity contribution in [2.24, 2.45) is 0 Å². The van der Waals surface area contributed by atoms with Crippen LogP contribution in [0.3, 0.4) is 0 Å². The highest BCUT2D eigenvalue weighted by atomic mass is 79.9. The predicted octanol–water partition coefficient (Wildman–Crippen LogP) is 3.95. The molecule has 0 saturated carbocycles. The number of unbranched alkanes of at least 4 members (excludes halogenated alkanes) is 3. The molecule has 4 nitrogen and oxygen atoms in total. The number of carbonyl (C=O) groups is 1. The van der Waals surface area contributed by atoms with E-state index in [-0.39, 0.29) is 4.83 Å². The van der Waals surface area contributed by atoms with E-state index < -0.39 is 10.8 Å². The number of carboxylic acid groups (broad SMARTS) is 1. The molecule has 0 aliphatic rings. The number of alkyl halides is 2. The molecule has 0 aliphatic heterocycles. The van der Waals surface area contributed by atoms with E-state index >= 15 is 0 Å². The average Bonchev–Trinajstić information content (AvgIpc) is 2.39. The molecule has 0 radical (unpaired) electrons. The Bertz CT molecular complexity index is 227. The predicted molar refractivity (Wildman–Crippen MR) is 83.2 cm³/mol. The van der Waals surface area contributed by atoms with Gasteiger partial charge in [-0.1, -0.05) is 58.0 Å². The molecule has 0 heterocycles. The minimum atomic E-state index is -0.825. The molecule has 0 rings (SSSR count). The number of halogens is 2. The fraction of sp³-hybridized carbons (Fsp3) is 0.923. The van der Waals surface area contributed by atoms with E-state index in [9.17, 15) is 4.79 Å². The Kier molecular flexibility index (Phi) is 13.6. The summed E-state index contributed by atoms with van der Waals surface area (Å²) in [6.07, 6.45) is 6.07. The van der Waals surface area contributed by atoms with Gasteiger partial charge in [-0.25, -0.2) is 0 Å². The zero-order valence-corrected chi connectivity index (χ0v) is 14.6. The maximum absolute atomic E-state index is 10.7. The number of hydrogen-bond donors (Lipinski definition) is 1. The fourth-order valence-electron chi connectivity index (χ4n) is 1.44. The van der Waals surface area contributed by atoms with Gasteiger partial charge in [0, 0.05) is 18.0 Å². The minimum absolute atomic E-state index is 0.0247. The number of rotatable bonds is 13. The van der Waals surface area contributed by atoms with Crippen LogP contribution in [-0.4, -0.2) is 40.7 Å². The van der Waals surface area contributed by atoms with Gasteiger partial charge in [0.05, 0.1) is 0 Å². The second-order valence-electron chi connectivity index (χ2n) is 4.39. The number of hydrogen-bond acceptors (Lipinski definition) is 3. The molecule has 0 fully saturated rings. The van der Waals surface area contributed by atoms with E-state index in [1.807, 2.05) is 0 Å². The molecule has 0 aromatic heterocycles. The summed E-state index contributed by atoms with van der Waals surface area (Å²) in [6, 6.07) is 0. The number of carboxylic acids is 1. The molecule has 19 heavy (non-hydrogen) atoms. The largest absolute Gasteiger partial charge is 0.480 e. The first-order valence-electron chi connectivity index (χ1n) is 6.76. The van der Waals surface area contributed by atoms with E-state index in [0.717, 1.165) is 45.1 Å². The van der Waals surface area contributed by atoms with Gasteiger partial charge in [0.25, 0.3) is 0 Å². The second-order valence-corrected chi connectivity index (χ2v) is 6.56. The van der Waals surface area contributed by atoms with Crippen molar-refractivity contribution in [1.29, 1.82) is 0 Å². The van der Waals surface area contributed by atoms with Crippen LogP contribution in [0.4, 0.5) is 0 Å². The van der Waals surface area contributed by atoms with Gasteiger partial charge in [0.1, 0.15) is 11.6 Å². The van der Waals surface area contributed by atoms with Gasteiger partial charge in [-0.2, -0.15) is 0 Å². The zero-order chi connectivity index (χ0) is 14.5. The minimum Gasteiger partial charge on any atom is -0.480 e. The van der Waals surface area contributed by atoms with E-state index in [1.165, 1.54) is 0 Å². The molecule has 0 bridgehead atoms. The van der Waals surface area contributed by atoms with Gasteiger partial charge < -0.3 is 14.6 Å². The lowest BCUT2D eigenvalue weighted by atomic mass is 10.1. The zero-order valence-electron chi connectivity index (χ0n) is 11.4. The Morgan fingerprint density at radius 3 is 2.32 bits per heavy atom. The van der Waals surface area contributed by atoms with Crippen LogP contribution in [0.1, 0.15) is 45.4 Å². The van der Waals surface area contributed by atoms with Gasteiger partial charge in [0.15, 0.2) is 0 Å². The Morgan fingerprint density at radius 1 is 1.11 bits per heavy atom. The Hall–Kier alpha value is 0.350. The van der Waals surface area contributed by atoms with Crippen molar-refractivity contribution in [2.75, 3.05) is 20.0 Å². The quantitative estimate of drug-likeness (QED) is 0.287. The standard InChI is InChI=1S/C13H24Br2O4/c1-2-3-8-18-10-19-9-6-4-5-7-11(14)12(15)13(16)17/h11-12H,2-10H2,1H3,(H,16,17). The van der Waals surface area contributed by atoms with Crippen molar-refractivity contribution in [3.8, 4) is 0 Å². The van der Waals surface area contributed by atoms with Gasteiger partial charge >= 0.3 is 5.97 Å². The lowest BCUT2D eigenvalue weighted by molar-refractivity contribution is -0.136. The van der Waals surface area contributed by atoms with Gasteiger partial charge in [0.2, 0.25) is 0 Å². The summed E-state index contributed by atoms with van der Waals surface area (Å²) < 4.78 is 10.6. The van der Waals surface area contributed by atoms with Crippen LogP contribution in [-0.2, 0) is 14.3 Å². The molecule has 2 unspecified atom stereocenters. The Labute approximate surface area is 132 Å². The lowest BCUT2D eigenvalue weighted by Gasteiger charge is -2.12. The van der Waals surface area contributed by atoms with Crippen molar-refractivity contribution in [2.45, 2.75) is 55.1 Å². The number of aliphatic carboxylic acids is 1. The molecule has 6 heteroatoms. The first kappa shape index (κ1) is 19.4. The molecule has 0 spiro atoms. The van der Waals surface area contributed by atoms with Crippen molar-refractivity contribution in [1.82, 2.24) is 0 Å². The topological polar surface area (TPSA) is 55.8 Å². The van der Waals surface area contributed by atoms with Gasteiger partial charge in [-0.05, 0) is 19.3 Å². The maximum Gasteiger partial charge on any atom is 0.318 e. The molecular weight excluding hydrogens is 380 g/mol. The normalized spacial score (nSPS) is 14.3. The first-order chi connectivity index (χ1) is 9.09. The molecule has 0 aliphatic carbocycles. The van der Waals surface area contributed by atoms with Crippen LogP contribution >= 0.6 is 31.9 Å². The van der Waals surface area contributed by atoms with E-state index in [4.69, 9.17) is 14.6 Å². The third kappa shape index (κ3) is 11.8. The van der Waals surface area contributed by atoms with Crippen molar-refractivity contribution in [3.63, 3.8) is 0 Å².